The van der Waals surface area contributed by atoms with Gasteiger partial charge in [-0.15, -0.1) is 0 Å². The second kappa shape index (κ2) is 9.19. The van der Waals surface area contributed by atoms with Crippen molar-refractivity contribution in [1.29, 1.82) is 0 Å². The lowest BCUT2D eigenvalue weighted by Crippen LogP contribution is -2.65. The van der Waals surface area contributed by atoms with Crippen molar-refractivity contribution < 1.29 is 9.53 Å². The second-order valence-corrected chi connectivity index (χ2v) is 23.2. The average Bonchev–Trinajstić information content (AvgIpc) is 2.83. The van der Waals surface area contributed by atoms with Crippen LogP contribution in [-0.4, -0.2) is 26.1 Å². The summed E-state index contributed by atoms with van der Waals surface area (Å²) in [5.74, 6) is 3.46. The molecule has 5 aliphatic rings. The average molecular weight is 557 g/mol. The summed E-state index contributed by atoms with van der Waals surface area (Å²) in [5.41, 5.74) is 3.08. The molecule has 0 aliphatic heterocycles. The Bertz CT molecular complexity index is 991. The van der Waals surface area contributed by atoms with Crippen LogP contribution in [0.4, 0.5) is 0 Å². The summed E-state index contributed by atoms with van der Waals surface area (Å²) in [7, 11) is -1.82. The highest BCUT2D eigenvalue weighted by atomic mass is 28.4. The third-order valence-corrected chi connectivity index (χ3v) is 20.1. The minimum atomic E-state index is -1.82. The Kier molecular flexibility index (Phi) is 7.15. The lowest BCUT2D eigenvalue weighted by molar-refractivity contribution is -0.203. The second-order valence-electron chi connectivity index (χ2n) is 18.4. The molecule has 0 heterocycles. The van der Waals surface area contributed by atoms with Gasteiger partial charge in [-0.2, -0.15) is 0 Å². The van der Waals surface area contributed by atoms with E-state index in [9.17, 15) is 5.11 Å². The van der Waals surface area contributed by atoms with Crippen LogP contribution < -0.4 is 0 Å². The predicted octanol–water partition coefficient (Wildman–Crippen LogP) is 10.0. The summed E-state index contributed by atoms with van der Waals surface area (Å²) < 4.78 is 7.23. The van der Waals surface area contributed by atoms with Gasteiger partial charge < -0.3 is 9.53 Å². The van der Waals surface area contributed by atoms with E-state index >= 15 is 0 Å². The molecule has 4 fully saturated rings. The van der Waals surface area contributed by atoms with E-state index in [1.807, 2.05) is 0 Å². The molecule has 4 saturated carbocycles. The van der Waals surface area contributed by atoms with Gasteiger partial charge in [-0.1, -0.05) is 80.9 Å². The standard InChI is InChI=1S/C36H64O2Si/c1-24-15-20-36(23-37)22-21-34(9)26(30(36)25(24)2)13-14-28-33(8)18-17-29(38-39(11,12)31(3,4)5)32(6,7)27(33)16-19-35(28,34)10/h13,24-25,27-30,37H,14-23H2,1-12H3/t24-,25+,27+,28-,29+,30+,33+,34-,35-,36-/m1/s1. The summed E-state index contributed by atoms with van der Waals surface area (Å²) in [6.07, 6.45) is 14.6. The lowest BCUT2D eigenvalue weighted by atomic mass is 9.33. The van der Waals surface area contributed by atoms with Gasteiger partial charge in [0.05, 0.1) is 6.10 Å². The first-order chi connectivity index (χ1) is 17.8. The summed E-state index contributed by atoms with van der Waals surface area (Å²) in [6, 6.07) is 0. The molecule has 0 unspecified atom stereocenters. The summed E-state index contributed by atoms with van der Waals surface area (Å²) in [6.45, 7) is 30.7. The van der Waals surface area contributed by atoms with Crippen LogP contribution in [0.15, 0.2) is 11.6 Å². The third-order valence-electron chi connectivity index (χ3n) is 15.7. The first-order valence-electron chi connectivity index (χ1n) is 16.8. The van der Waals surface area contributed by atoms with Gasteiger partial charge in [0, 0.05) is 12.0 Å². The zero-order valence-corrected chi connectivity index (χ0v) is 29.0. The Labute approximate surface area is 243 Å². The first-order valence-corrected chi connectivity index (χ1v) is 19.7. The first kappa shape index (κ1) is 30.3. The largest absolute Gasteiger partial charge is 0.413 e. The lowest BCUT2D eigenvalue weighted by Gasteiger charge is -2.72. The molecule has 5 rings (SSSR count). The van der Waals surface area contributed by atoms with E-state index in [-0.39, 0.29) is 21.3 Å². The van der Waals surface area contributed by atoms with E-state index in [0.29, 0.717) is 35.4 Å². The van der Waals surface area contributed by atoms with Crippen molar-refractivity contribution >= 4 is 8.32 Å². The van der Waals surface area contributed by atoms with Crippen LogP contribution in [0.1, 0.15) is 127 Å². The Morgan fingerprint density at radius 2 is 1.56 bits per heavy atom. The monoisotopic (exact) mass is 556 g/mol. The zero-order chi connectivity index (χ0) is 29.0. The molecule has 0 aromatic rings. The van der Waals surface area contributed by atoms with E-state index in [4.69, 9.17) is 4.43 Å². The number of rotatable bonds is 3. The highest BCUT2D eigenvalue weighted by molar-refractivity contribution is 6.74. The van der Waals surface area contributed by atoms with Gasteiger partial charge in [0.25, 0.3) is 0 Å². The maximum absolute atomic E-state index is 10.8. The van der Waals surface area contributed by atoms with Crippen LogP contribution >= 0.6 is 0 Å². The SMILES string of the molecule is C[C@H]1[C@H](C)CC[C@]2(CO)CC[C@]3(C)C(=CC[C@@H]4[C@@]5(C)CC[C@H](O[Si](C)(C)C(C)(C)C)C(C)(C)[C@@H]5CC[C@]43C)[C@H]12. The summed E-state index contributed by atoms with van der Waals surface area (Å²) in [4.78, 5) is 0. The fraction of sp³-hybridized carbons (Fsp3) is 0.944. The number of aliphatic hydroxyl groups is 1. The number of hydrogen-bond acceptors (Lipinski definition) is 2. The van der Waals surface area contributed by atoms with E-state index in [2.05, 4.69) is 88.4 Å². The molecule has 0 aromatic heterocycles. The molecular formula is C36H64O2Si. The molecule has 0 aromatic carbocycles. The summed E-state index contributed by atoms with van der Waals surface area (Å²) >= 11 is 0. The molecule has 0 radical (unpaired) electrons. The van der Waals surface area contributed by atoms with E-state index in [1.54, 1.807) is 5.57 Å². The highest BCUT2D eigenvalue weighted by Gasteiger charge is 2.68. The van der Waals surface area contributed by atoms with Gasteiger partial charge in [0.2, 0.25) is 0 Å². The van der Waals surface area contributed by atoms with Crippen LogP contribution in [-0.2, 0) is 4.43 Å². The van der Waals surface area contributed by atoms with Gasteiger partial charge in [-0.25, -0.2) is 0 Å². The zero-order valence-electron chi connectivity index (χ0n) is 28.0. The third kappa shape index (κ3) is 4.04. The number of allylic oxidation sites excluding steroid dienone is 2. The maximum atomic E-state index is 10.8. The molecule has 39 heavy (non-hydrogen) atoms. The van der Waals surface area contributed by atoms with Crippen molar-refractivity contribution in [2.75, 3.05) is 6.61 Å². The van der Waals surface area contributed by atoms with E-state index in [0.717, 1.165) is 17.8 Å². The molecule has 10 atom stereocenters. The van der Waals surface area contributed by atoms with Gasteiger partial charge in [0.15, 0.2) is 8.32 Å². The molecule has 2 nitrogen and oxygen atoms in total. The van der Waals surface area contributed by atoms with Crippen molar-refractivity contribution in [2.45, 2.75) is 151 Å². The van der Waals surface area contributed by atoms with Gasteiger partial charge in [-0.05, 0) is 127 Å². The highest BCUT2D eigenvalue weighted by Crippen LogP contribution is 2.76. The smallest absolute Gasteiger partial charge is 0.192 e. The minimum absolute atomic E-state index is 0.128. The van der Waals surface area contributed by atoms with E-state index in [1.165, 1.54) is 57.8 Å². The molecule has 3 heteroatoms. The van der Waals surface area contributed by atoms with Gasteiger partial charge in [0.1, 0.15) is 0 Å². The van der Waals surface area contributed by atoms with Crippen molar-refractivity contribution in [3.63, 3.8) is 0 Å². The molecule has 5 aliphatic carbocycles. The van der Waals surface area contributed by atoms with Crippen molar-refractivity contribution in [3.05, 3.63) is 11.6 Å². The van der Waals surface area contributed by atoms with Crippen LogP contribution in [0.25, 0.3) is 0 Å². The van der Waals surface area contributed by atoms with Crippen LogP contribution in [0, 0.1) is 56.7 Å². The number of fused-ring (bicyclic) bond motifs is 7. The predicted molar refractivity (Wildman–Crippen MR) is 168 cm³/mol. The topological polar surface area (TPSA) is 29.5 Å². The minimum Gasteiger partial charge on any atom is -0.413 e. The Balaban J connectivity index is 1.50. The number of hydrogen-bond donors (Lipinski definition) is 1. The Morgan fingerprint density at radius 1 is 0.897 bits per heavy atom. The summed E-state index contributed by atoms with van der Waals surface area (Å²) in [5, 5.41) is 11.1. The molecule has 0 bridgehead atoms. The van der Waals surface area contributed by atoms with Crippen molar-refractivity contribution in [1.82, 2.24) is 0 Å². The van der Waals surface area contributed by atoms with Gasteiger partial charge >= 0.3 is 0 Å². The Hall–Kier alpha value is -0.123. The fourth-order valence-electron chi connectivity index (χ4n) is 11.6. The molecule has 1 N–H and O–H groups in total. The molecule has 0 amide bonds. The van der Waals surface area contributed by atoms with Crippen LogP contribution in [0.3, 0.4) is 0 Å². The fourth-order valence-corrected chi connectivity index (χ4v) is 13.1. The van der Waals surface area contributed by atoms with Crippen LogP contribution in [0.5, 0.6) is 0 Å². The van der Waals surface area contributed by atoms with Gasteiger partial charge in [-0.3, -0.25) is 0 Å². The normalized spacial score (nSPS) is 49.7. The quantitative estimate of drug-likeness (QED) is 0.277. The van der Waals surface area contributed by atoms with E-state index < -0.39 is 8.32 Å². The van der Waals surface area contributed by atoms with Crippen LogP contribution in [0.2, 0.25) is 18.1 Å². The molecule has 0 saturated heterocycles. The molecular weight excluding hydrogens is 492 g/mol. The maximum Gasteiger partial charge on any atom is 0.192 e. The van der Waals surface area contributed by atoms with Crippen molar-refractivity contribution in [3.8, 4) is 0 Å². The molecule has 0 spiro atoms. The molecule has 224 valence electrons. The van der Waals surface area contributed by atoms with Crippen molar-refractivity contribution in [2.24, 2.45) is 56.7 Å². The number of aliphatic hydroxyl groups excluding tert-OH is 1. The Morgan fingerprint density at radius 3 is 2.18 bits per heavy atom.